The van der Waals surface area contributed by atoms with Crippen LogP contribution < -0.4 is 16.0 Å². The molecule has 1 aliphatic rings. The van der Waals surface area contributed by atoms with Crippen LogP contribution in [-0.4, -0.2) is 60.4 Å². The maximum absolute atomic E-state index is 12.9. The Hall–Kier alpha value is -4.01. The summed E-state index contributed by atoms with van der Waals surface area (Å²) in [6.45, 7) is 8.11. The van der Waals surface area contributed by atoms with Crippen LogP contribution in [0.4, 0.5) is 11.4 Å². The van der Waals surface area contributed by atoms with Crippen LogP contribution in [0.2, 0.25) is 0 Å². The smallest absolute Gasteiger partial charge is 0.255 e. The maximum atomic E-state index is 12.9. The Bertz CT molecular complexity index is 1270. The normalized spacial score (nSPS) is 14.8. The largest absolute Gasteiger partial charge is 0.333 e. The van der Waals surface area contributed by atoms with Crippen LogP contribution >= 0.6 is 0 Å². The van der Waals surface area contributed by atoms with Gasteiger partial charge in [0.2, 0.25) is 5.96 Å². The van der Waals surface area contributed by atoms with Crippen molar-refractivity contribution in [1.82, 2.24) is 20.1 Å². The number of carbonyl (C=O) groups excluding carboxylic acids is 1. The Balaban J connectivity index is 1.36. The molecule has 198 valence electrons. The molecule has 2 heterocycles. The number of aryl methyl sites for hydroxylation is 1. The molecule has 1 aromatic heterocycles. The molecule has 0 fully saturated rings. The lowest BCUT2D eigenvalue weighted by Crippen LogP contribution is -2.30. The molecule has 1 aliphatic heterocycles. The number of guanidine groups is 1. The molecule has 0 radical (unpaired) electrons. The summed E-state index contributed by atoms with van der Waals surface area (Å²) < 4.78 is 0. The van der Waals surface area contributed by atoms with Gasteiger partial charge in [0, 0.05) is 55.2 Å². The van der Waals surface area contributed by atoms with Gasteiger partial charge in [0.1, 0.15) is 6.04 Å². The number of anilines is 2. The summed E-state index contributed by atoms with van der Waals surface area (Å²) in [6.07, 6.45) is 7.43. The van der Waals surface area contributed by atoms with Gasteiger partial charge in [-0.2, -0.15) is 0 Å². The van der Waals surface area contributed by atoms with Crippen LogP contribution in [0, 0.1) is 6.92 Å². The molecule has 1 atom stereocenters. The Morgan fingerprint density at radius 1 is 1.05 bits per heavy atom. The predicted octanol–water partition coefficient (Wildman–Crippen LogP) is 4.65. The number of aromatic nitrogens is 1. The Labute approximate surface area is 225 Å². The first-order chi connectivity index (χ1) is 18.4. The molecule has 4 rings (SSSR count). The Morgan fingerprint density at radius 2 is 1.84 bits per heavy atom. The molecular formula is C30H37N7O. The SMILES string of the molecule is CCN(C)CCN(C)Cc1ccc(C(=O)Nc2ccc(C)c(NC3=NC(c4cccnc4)C=CN3)c2)cc1. The van der Waals surface area contributed by atoms with Gasteiger partial charge in [0.05, 0.1) is 0 Å². The number of benzene rings is 2. The Morgan fingerprint density at radius 3 is 2.58 bits per heavy atom. The molecule has 8 nitrogen and oxygen atoms in total. The van der Waals surface area contributed by atoms with Gasteiger partial charge in [0.15, 0.2) is 0 Å². The van der Waals surface area contributed by atoms with Crippen molar-refractivity contribution >= 4 is 23.2 Å². The fourth-order valence-corrected chi connectivity index (χ4v) is 4.06. The average molecular weight is 512 g/mol. The van der Waals surface area contributed by atoms with Crippen molar-refractivity contribution in [3.8, 4) is 0 Å². The monoisotopic (exact) mass is 511 g/mol. The van der Waals surface area contributed by atoms with Gasteiger partial charge in [0.25, 0.3) is 5.91 Å². The first kappa shape index (κ1) is 27.0. The highest BCUT2D eigenvalue weighted by molar-refractivity contribution is 6.05. The second-order valence-electron chi connectivity index (χ2n) is 9.65. The zero-order valence-corrected chi connectivity index (χ0v) is 22.6. The average Bonchev–Trinajstić information content (AvgIpc) is 2.94. The number of hydrogen-bond acceptors (Lipinski definition) is 7. The third-order valence-electron chi connectivity index (χ3n) is 6.61. The zero-order chi connectivity index (χ0) is 26.9. The third-order valence-corrected chi connectivity index (χ3v) is 6.61. The van der Waals surface area contributed by atoms with E-state index in [9.17, 15) is 4.79 Å². The van der Waals surface area contributed by atoms with Gasteiger partial charge in [-0.3, -0.25) is 9.78 Å². The molecule has 0 spiro atoms. The molecule has 0 saturated carbocycles. The number of likely N-dealkylation sites (N-methyl/N-ethyl adjacent to an activating group) is 2. The molecule has 3 aromatic rings. The van der Waals surface area contributed by atoms with E-state index in [1.54, 1.807) is 6.20 Å². The van der Waals surface area contributed by atoms with Crippen molar-refractivity contribution in [2.24, 2.45) is 4.99 Å². The second kappa shape index (κ2) is 13.0. The summed E-state index contributed by atoms with van der Waals surface area (Å²) in [5, 5.41) is 9.54. The van der Waals surface area contributed by atoms with Crippen molar-refractivity contribution in [3.05, 3.63) is 102 Å². The quantitative estimate of drug-likeness (QED) is 0.367. The fourth-order valence-electron chi connectivity index (χ4n) is 4.06. The minimum absolute atomic E-state index is 0.115. The first-order valence-corrected chi connectivity index (χ1v) is 13.0. The molecule has 0 saturated heterocycles. The molecule has 0 bridgehead atoms. The minimum atomic E-state index is -0.142. The van der Waals surface area contributed by atoms with E-state index in [4.69, 9.17) is 4.99 Å². The fraction of sp³-hybridized carbons (Fsp3) is 0.300. The van der Waals surface area contributed by atoms with E-state index >= 15 is 0 Å². The van der Waals surface area contributed by atoms with E-state index in [0.29, 0.717) is 17.2 Å². The zero-order valence-electron chi connectivity index (χ0n) is 22.6. The lowest BCUT2D eigenvalue weighted by atomic mass is 10.1. The third kappa shape index (κ3) is 7.50. The molecular weight excluding hydrogens is 474 g/mol. The number of nitrogens with zero attached hydrogens (tertiary/aromatic N) is 4. The molecule has 38 heavy (non-hydrogen) atoms. The topological polar surface area (TPSA) is 84.9 Å². The highest BCUT2D eigenvalue weighted by Crippen LogP contribution is 2.24. The van der Waals surface area contributed by atoms with Crippen LogP contribution in [-0.2, 0) is 6.54 Å². The maximum Gasteiger partial charge on any atom is 0.255 e. The van der Waals surface area contributed by atoms with E-state index in [1.165, 1.54) is 5.56 Å². The number of hydrogen-bond donors (Lipinski definition) is 3. The van der Waals surface area contributed by atoms with Crippen molar-refractivity contribution in [2.75, 3.05) is 44.4 Å². The lowest BCUT2D eigenvalue weighted by molar-refractivity contribution is 0.102. The number of carbonyl (C=O) groups is 1. The van der Waals surface area contributed by atoms with Gasteiger partial charge < -0.3 is 25.8 Å². The van der Waals surface area contributed by atoms with E-state index in [-0.39, 0.29) is 11.9 Å². The van der Waals surface area contributed by atoms with Crippen LogP contribution in [0.1, 0.15) is 40.0 Å². The van der Waals surface area contributed by atoms with Crippen molar-refractivity contribution in [3.63, 3.8) is 0 Å². The highest BCUT2D eigenvalue weighted by Gasteiger charge is 2.14. The first-order valence-electron chi connectivity index (χ1n) is 13.0. The van der Waals surface area contributed by atoms with Gasteiger partial charge in [-0.05, 0) is 80.7 Å². The molecule has 0 aliphatic carbocycles. The van der Waals surface area contributed by atoms with Crippen molar-refractivity contribution in [2.45, 2.75) is 26.4 Å². The van der Waals surface area contributed by atoms with E-state index in [2.05, 4.69) is 51.8 Å². The summed E-state index contributed by atoms with van der Waals surface area (Å²) in [4.78, 5) is 26.5. The van der Waals surface area contributed by atoms with E-state index in [1.807, 2.05) is 80.0 Å². The standard InChI is InChI=1S/C30H37N7O/c1-5-36(3)17-18-37(4)21-23-9-11-24(12-10-23)29(38)33-26-13-8-22(2)28(19-26)35-30-32-16-14-27(34-30)25-7-6-15-31-20-25/h6-16,19-20,27H,5,17-18,21H2,1-4H3,(H,33,38)(H2,32,34,35). The lowest BCUT2D eigenvalue weighted by Gasteiger charge is -2.21. The number of pyridine rings is 1. The number of aliphatic imine (C=N–C) groups is 1. The molecule has 3 N–H and O–H groups in total. The molecule has 1 amide bonds. The predicted molar refractivity (Wildman–Crippen MR) is 155 cm³/mol. The summed E-state index contributed by atoms with van der Waals surface area (Å²) in [5.41, 5.74) is 5.44. The van der Waals surface area contributed by atoms with Crippen LogP contribution in [0.25, 0.3) is 0 Å². The summed E-state index contributed by atoms with van der Waals surface area (Å²) >= 11 is 0. The molecule has 8 heteroatoms. The van der Waals surface area contributed by atoms with Crippen LogP contribution in [0.15, 0.2) is 84.3 Å². The summed E-state index contributed by atoms with van der Waals surface area (Å²) in [5.74, 6) is 0.492. The van der Waals surface area contributed by atoms with E-state index < -0.39 is 0 Å². The van der Waals surface area contributed by atoms with Crippen LogP contribution in [0.5, 0.6) is 0 Å². The molecule has 1 unspecified atom stereocenters. The van der Waals surface area contributed by atoms with Gasteiger partial charge >= 0.3 is 0 Å². The van der Waals surface area contributed by atoms with Gasteiger partial charge in [-0.25, -0.2) is 4.99 Å². The number of nitrogens with one attached hydrogen (secondary N) is 3. The second-order valence-corrected chi connectivity index (χ2v) is 9.65. The summed E-state index contributed by atoms with van der Waals surface area (Å²) in [6, 6.07) is 17.4. The number of rotatable bonds is 10. The van der Waals surface area contributed by atoms with Gasteiger partial charge in [-0.1, -0.05) is 31.2 Å². The van der Waals surface area contributed by atoms with Gasteiger partial charge in [-0.15, -0.1) is 0 Å². The summed E-state index contributed by atoms with van der Waals surface area (Å²) in [7, 11) is 4.25. The molecule has 2 aromatic carbocycles. The minimum Gasteiger partial charge on any atom is -0.333 e. The van der Waals surface area contributed by atoms with Crippen LogP contribution in [0.3, 0.4) is 0 Å². The van der Waals surface area contributed by atoms with Crippen molar-refractivity contribution in [1.29, 1.82) is 0 Å². The van der Waals surface area contributed by atoms with Crippen molar-refractivity contribution < 1.29 is 4.79 Å². The van der Waals surface area contributed by atoms with E-state index in [0.717, 1.165) is 43.0 Å². The Kier molecular flexibility index (Phi) is 9.24. The highest BCUT2D eigenvalue weighted by atomic mass is 16.1. The number of amides is 1.